The van der Waals surface area contributed by atoms with Gasteiger partial charge in [0.2, 0.25) is 5.91 Å². The molecule has 1 saturated heterocycles. The molecule has 0 aliphatic carbocycles. The minimum Gasteiger partial charge on any atom is -0.438 e. The molecule has 0 radical (unpaired) electrons. The van der Waals surface area contributed by atoms with Crippen molar-refractivity contribution in [3.05, 3.63) is 65.9 Å². The smallest absolute Gasteiger partial charge is 0.438 e. The number of halogens is 3. The van der Waals surface area contributed by atoms with E-state index in [2.05, 4.69) is 19.3 Å². The van der Waals surface area contributed by atoms with Gasteiger partial charge in [0.25, 0.3) is 16.8 Å². The molecule has 1 aliphatic heterocycles. The fourth-order valence-corrected chi connectivity index (χ4v) is 5.51. The molecule has 4 aromatic rings. The van der Waals surface area contributed by atoms with Gasteiger partial charge in [-0.25, -0.2) is 22.6 Å². The predicted molar refractivity (Wildman–Crippen MR) is 144 cm³/mol. The molecule has 1 atom stereocenters. The number of methoxy groups -OCH3 is 1. The van der Waals surface area contributed by atoms with Crippen molar-refractivity contribution >= 4 is 22.1 Å². The average Bonchev–Trinajstić information content (AvgIpc) is 3.62. The number of sulfonamides is 1. The summed E-state index contributed by atoms with van der Waals surface area (Å²) in [7, 11) is -3.18. The lowest BCUT2D eigenvalue weighted by Crippen LogP contribution is -2.48. The average molecular weight is 641 g/mol. The normalized spacial score (nSPS) is 15.7. The summed E-state index contributed by atoms with van der Waals surface area (Å²) < 4.78 is 83.8. The number of nitrogens with one attached hydrogen (secondary N) is 1. The Bertz CT molecular complexity index is 1720. The molecule has 1 unspecified atom stereocenters. The molecule has 2 aromatic heterocycles. The number of aryl methyl sites for hydroxylation is 1. The van der Waals surface area contributed by atoms with Crippen LogP contribution in [0.4, 0.5) is 18.0 Å². The molecule has 0 saturated carbocycles. The largest absolute Gasteiger partial charge is 0.510 e. The highest BCUT2D eigenvalue weighted by Gasteiger charge is 2.36. The molecule has 1 N–H and O–H groups in total. The third-order valence-corrected chi connectivity index (χ3v) is 8.11. The van der Waals surface area contributed by atoms with Crippen molar-refractivity contribution in [1.82, 2.24) is 24.5 Å². The number of piperidine rings is 1. The molecule has 3 heterocycles. The molecule has 236 valence electrons. The number of alkyl halides is 3. The Balaban J connectivity index is 1.26. The maximum absolute atomic E-state index is 13.5. The zero-order valence-corrected chi connectivity index (χ0v) is 24.2. The third-order valence-electron chi connectivity index (χ3n) is 6.75. The van der Waals surface area contributed by atoms with Crippen molar-refractivity contribution in [2.75, 3.05) is 32.0 Å². The lowest BCUT2D eigenvalue weighted by Gasteiger charge is -2.28. The summed E-state index contributed by atoms with van der Waals surface area (Å²) in [5.41, 5.74) is 0.659. The Morgan fingerprint density at radius 2 is 1.82 bits per heavy atom. The fraction of sp³-hybridized carbons (Fsp3) is 0.346. The number of amides is 1. The quantitative estimate of drug-likeness (QED) is 0.213. The fourth-order valence-electron chi connectivity index (χ4n) is 4.47. The number of carbonyl (C=O) groups is 2. The molecular formula is C26H27F3N6O8S. The molecule has 44 heavy (non-hydrogen) atoms. The molecule has 18 heteroatoms. The number of hydrogen-bond acceptors (Lipinski definition) is 10. The molecule has 2 aromatic carbocycles. The number of benzene rings is 2. The van der Waals surface area contributed by atoms with Crippen LogP contribution >= 0.6 is 0 Å². The summed E-state index contributed by atoms with van der Waals surface area (Å²) in [6, 6.07) is 12.7. The first-order valence-electron chi connectivity index (χ1n) is 13.1. The number of aromatic nitrogens is 4. The van der Waals surface area contributed by atoms with Gasteiger partial charge < -0.3 is 14.3 Å². The summed E-state index contributed by atoms with van der Waals surface area (Å²) in [5, 5.41) is 6.23. The summed E-state index contributed by atoms with van der Waals surface area (Å²) >= 11 is 0. The van der Waals surface area contributed by atoms with Crippen molar-refractivity contribution in [1.29, 1.82) is 0 Å². The van der Waals surface area contributed by atoms with E-state index in [1.807, 2.05) is 6.92 Å². The van der Waals surface area contributed by atoms with Crippen LogP contribution in [0.3, 0.4) is 0 Å². The first kappa shape index (κ1) is 30.6. The minimum absolute atomic E-state index is 0.0979. The standard InChI is InChI=1S/C26H27F3N6O8S/c1-17-5-7-18(8-6-17)22-14-23(26(27,28)29)30-33(22)20-9-11-21(12-10-20)44(38,39)31-24(36)19-4-3-13-32(15-19)34-35(43-34)42-16-41-25(37)40-2/h5-12,14,19H,3-4,13,15-16H2,1-2H3,(H,31,36). The van der Waals surface area contributed by atoms with E-state index in [1.54, 1.807) is 29.3 Å². The van der Waals surface area contributed by atoms with E-state index in [-0.39, 0.29) is 22.8 Å². The van der Waals surface area contributed by atoms with Crippen LogP contribution in [0.5, 0.6) is 0 Å². The summed E-state index contributed by atoms with van der Waals surface area (Å²) in [6.07, 6.45) is -4.71. The molecule has 5 rings (SSSR count). The van der Waals surface area contributed by atoms with Gasteiger partial charge in [0.05, 0.1) is 35.8 Å². The Labute approximate surface area is 248 Å². The molecule has 1 fully saturated rings. The van der Waals surface area contributed by atoms with Gasteiger partial charge in [0.1, 0.15) is 5.02 Å². The van der Waals surface area contributed by atoms with Crippen LogP contribution < -0.4 is 14.6 Å². The Morgan fingerprint density at radius 3 is 2.48 bits per heavy atom. The number of ether oxygens (including phenoxy) is 2. The second-order valence-corrected chi connectivity index (χ2v) is 11.5. The molecule has 1 aliphatic rings. The van der Waals surface area contributed by atoms with Gasteiger partial charge in [-0.15, -0.1) is 0 Å². The van der Waals surface area contributed by atoms with Gasteiger partial charge in [-0.2, -0.15) is 22.9 Å². The van der Waals surface area contributed by atoms with Crippen molar-refractivity contribution < 1.29 is 50.1 Å². The van der Waals surface area contributed by atoms with Crippen molar-refractivity contribution in [3.63, 3.8) is 0 Å². The summed E-state index contributed by atoms with van der Waals surface area (Å²) in [4.78, 5) is 29.9. The molecule has 1 amide bonds. The number of nitrogens with zero attached hydrogens (tertiary/aromatic N) is 5. The number of carbonyl (C=O) groups excluding carboxylic acids is 2. The highest BCUT2D eigenvalue weighted by atomic mass is 32.2. The second-order valence-electron chi connectivity index (χ2n) is 9.82. The van der Waals surface area contributed by atoms with Crippen molar-refractivity contribution in [2.24, 2.45) is 5.92 Å². The third kappa shape index (κ3) is 6.85. The lowest BCUT2D eigenvalue weighted by molar-refractivity contribution is -0.141. The van der Waals surface area contributed by atoms with Crippen LogP contribution in [-0.4, -0.2) is 67.2 Å². The van der Waals surface area contributed by atoms with Gasteiger partial charge in [0, 0.05) is 17.1 Å². The van der Waals surface area contributed by atoms with E-state index in [0.717, 1.165) is 28.4 Å². The highest BCUT2D eigenvalue weighted by Crippen LogP contribution is 2.33. The summed E-state index contributed by atoms with van der Waals surface area (Å²) in [5.74, 6) is -1.47. The highest BCUT2D eigenvalue weighted by molar-refractivity contribution is 7.90. The van der Waals surface area contributed by atoms with Crippen LogP contribution in [0.15, 0.2) is 64.1 Å². The Kier molecular flexibility index (Phi) is 8.36. The lowest BCUT2D eigenvalue weighted by atomic mass is 9.99. The van der Waals surface area contributed by atoms with Crippen LogP contribution in [0.2, 0.25) is 0 Å². The van der Waals surface area contributed by atoms with Crippen LogP contribution in [0, 0.1) is 12.8 Å². The van der Waals surface area contributed by atoms with Crippen LogP contribution in [0.25, 0.3) is 16.9 Å². The van der Waals surface area contributed by atoms with E-state index >= 15 is 0 Å². The molecule has 0 bridgehead atoms. The maximum Gasteiger partial charge on any atom is 0.510 e. The zero-order valence-electron chi connectivity index (χ0n) is 23.4. The van der Waals surface area contributed by atoms with Crippen LogP contribution in [0.1, 0.15) is 24.1 Å². The van der Waals surface area contributed by atoms with Crippen LogP contribution in [-0.2, 0) is 30.5 Å². The monoisotopic (exact) mass is 640 g/mol. The Hall–Kier alpha value is -4.87. The molecular weight excluding hydrogens is 613 g/mol. The van der Waals surface area contributed by atoms with E-state index < -0.39 is 46.7 Å². The Morgan fingerprint density at radius 1 is 1.11 bits per heavy atom. The van der Waals surface area contributed by atoms with Crippen molar-refractivity contribution in [2.45, 2.75) is 30.8 Å². The minimum atomic E-state index is -4.69. The van der Waals surface area contributed by atoms with Gasteiger partial charge in [-0.1, -0.05) is 29.8 Å². The second kappa shape index (κ2) is 12.0. The maximum atomic E-state index is 13.5. The topological polar surface area (TPSA) is 152 Å². The first-order valence-corrected chi connectivity index (χ1v) is 14.6. The number of rotatable bonds is 9. The predicted octanol–water partition coefficient (Wildman–Crippen LogP) is 3.08. The van der Waals surface area contributed by atoms with Gasteiger partial charge >= 0.3 is 12.3 Å². The zero-order chi connectivity index (χ0) is 31.6. The first-order chi connectivity index (χ1) is 20.9. The summed E-state index contributed by atoms with van der Waals surface area (Å²) in [6.45, 7) is 1.93. The van der Waals surface area contributed by atoms with Gasteiger partial charge in [-0.3, -0.25) is 9.80 Å². The van der Waals surface area contributed by atoms with Gasteiger partial charge in [0.15, 0.2) is 5.69 Å². The SMILES string of the molecule is COC(=O)OCOn1on1N1CCCC(C(=O)NS(=O)(=O)c2ccc(-n3nc(C(F)(F)F)cc3-c3ccc(C)cc3)cc2)C1. The molecule has 0 spiro atoms. The number of hydrogen-bond donors (Lipinski definition) is 1. The van der Waals surface area contributed by atoms with E-state index in [4.69, 9.17) is 9.47 Å². The van der Waals surface area contributed by atoms with E-state index in [0.29, 0.717) is 24.9 Å². The van der Waals surface area contributed by atoms with E-state index in [9.17, 15) is 31.2 Å². The molecule has 14 nitrogen and oxygen atoms in total. The van der Waals surface area contributed by atoms with Gasteiger partial charge in [-0.05, 0) is 50.1 Å². The van der Waals surface area contributed by atoms with Crippen molar-refractivity contribution in [3.8, 4) is 16.9 Å². The van der Waals surface area contributed by atoms with E-state index in [1.165, 1.54) is 29.2 Å².